The van der Waals surface area contributed by atoms with E-state index in [1.54, 1.807) is 12.1 Å². The monoisotopic (exact) mass is 495 g/mol. The number of carboxylic acid groups (broad SMARTS) is 1. The molecule has 1 aromatic carbocycles. The summed E-state index contributed by atoms with van der Waals surface area (Å²) < 4.78 is 1.38. The first kappa shape index (κ1) is 17.3. The molecule has 0 unspecified atom stereocenters. The number of halogens is 2. The van der Waals surface area contributed by atoms with Crippen LogP contribution in [0.3, 0.4) is 0 Å². The van der Waals surface area contributed by atoms with Gasteiger partial charge in [0.05, 0.1) is 3.57 Å². The average molecular weight is 496 g/mol. The van der Waals surface area contributed by atoms with Crippen LogP contribution in [0.25, 0.3) is 6.08 Å². The lowest BCUT2D eigenvalue weighted by atomic mass is 10.2. The number of nitrogens with one attached hydrogen (secondary N) is 1. The Morgan fingerprint density at radius 1 is 1.55 bits per heavy atom. The number of hydrogen-bond donors (Lipinski definition) is 3. The fraction of sp³-hybridized carbons (Fsp3) is 0.154. The first-order valence-electron chi connectivity index (χ1n) is 6.12. The average Bonchev–Trinajstić information content (AvgIpc) is 2.91. The molecular formula is C13H11BrIN3O3S. The SMILES string of the molecule is CCc1nc(S/C(=C\c2cc(Br)cc(I)c2O)C(=O)O)n[nH]1. The minimum absolute atomic E-state index is 0.0193. The lowest BCUT2D eigenvalue weighted by molar-refractivity contribution is -0.131. The van der Waals surface area contributed by atoms with Crippen molar-refractivity contribution in [2.75, 3.05) is 0 Å². The zero-order chi connectivity index (χ0) is 16.3. The molecule has 0 saturated heterocycles. The van der Waals surface area contributed by atoms with E-state index in [-0.39, 0.29) is 10.7 Å². The molecule has 1 aromatic heterocycles. The molecule has 2 rings (SSSR count). The third kappa shape index (κ3) is 4.23. The number of phenolic OH excluding ortho intramolecular Hbond substituents is 1. The van der Waals surface area contributed by atoms with Crippen LogP contribution in [0, 0.1) is 3.57 Å². The van der Waals surface area contributed by atoms with Crippen LogP contribution in [0.2, 0.25) is 0 Å². The van der Waals surface area contributed by atoms with Crippen LogP contribution in [-0.2, 0) is 11.2 Å². The number of aryl methyl sites for hydroxylation is 1. The van der Waals surface area contributed by atoms with Crippen LogP contribution in [0.4, 0.5) is 0 Å². The lowest BCUT2D eigenvalue weighted by Crippen LogP contribution is -1.97. The molecule has 9 heteroatoms. The Hall–Kier alpha value is -1.07. The van der Waals surface area contributed by atoms with Gasteiger partial charge in [-0.2, -0.15) is 0 Å². The Labute approximate surface area is 152 Å². The zero-order valence-corrected chi connectivity index (χ0v) is 15.9. The van der Waals surface area contributed by atoms with Crippen molar-refractivity contribution in [3.63, 3.8) is 0 Å². The maximum Gasteiger partial charge on any atom is 0.342 e. The Kier molecular flexibility index (Phi) is 5.87. The van der Waals surface area contributed by atoms with Gasteiger partial charge in [-0.05, 0) is 52.6 Å². The summed E-state index contributed by atoms with van der Waals surface area (Å²) in [6, 6.07) is 3.39. The fourth-order valence-corrected chi connectivity index (χ4v) is 3.82. The minimum atomic E-state index is -1.11. The van der Waals surface area contributed by atoms with Gasteiger partial charge in [-0.3, -0.25) is 5.10 Å². The number of rotatable bonds is 5. The van der Waals surface area contributed by atoms with Crippen molar-refractivity contribution < 1.29 is 15.0 Å². The predicted octanol–water partition coefficient (Wildman–Crippen LogP) is 3.66. The molecular weight excluding hydrogens is 485 g/mol. The summed E-state index contributed by atoms with van der Waals surface area (Å²) in [5.74, 6) is -0.387. The van der Waals surface area contributed by atoms with Crippen molar-refractivity contribution in [3.05, 3.63) is 36.5 Å². The van der Waals surface area contributed by atoms with Crippen molar-refractivity contribution in [3.8, 4) is 5.75 Å². The maximum absolute atomic E-state index is 11.4. The summed E-state index contributed by atoms with van der Waals surface area (Å²) in [6.07, 6.45) is 2.08. The predicted molar refractivity (Wildman–Crippen MR) is 95.8 cm³/mol. The topological polar surface area (TPSA) is 99.1 Å². The van der Waals surface area contributed by atoms with Crippen LogP contribution < -0.4 is 0 Å². The molecule has 0 aliphatic heterocycles. The van der Waals surface area contributed by atoms with E-state index in [9.17, 15) is 15.0 Å². The summed E-state index contributed by atoms with van der Waals surface area (Å²) in [7, 11) is 0. The second-order valence-electron chi connectivity index (χ2n) is 4.16. The van der Waals surface area contributed by atoms with Crippen molar-refractivity contribution in [1.29, 1.82) is 0 Å². The van der Waals surface area contributed by atoms with E-state index < -0.39 is 5.97 Å². The number of carboxylic acids is 1. The molecule has 3 N–H and O–H groups in total. The van der Waals surface area contributed by atoms with E-state index in [0.717, 1.165) is 16.2 Å². The molecule has 0 fully saturated rings. The fourth-order valence-electron chi connectivity index (χ4n) is 1.55. The van der Waals surface area contributed by atoms with Gasteiger partial charge in [0, 0.05) is 16.5 Å². The molecule has 6 nitrogen and oxygen atoms in total. The van der Waals surface area contributed by atoms with Crippen LogP contribution in [-0.4, -0.2) is 31.4 Å². The number of aromatic nitrogens is 3. The Balaban J connectivity index is 2.37. The van der Waals surface area contributed by atoms with Crippen LogP contribution in [0.1, 0.15) is 18.3 Å². The summed E-state index contributed by atoms with van der Waals surface area (Å²) in [5, 5.41) is 26.4. The smallest absolute Gasteiger partial charge is 0.342 e. The van der Waals surface area contributed by atoms with E-state index in [2.05, 4.69) is 31.1 Å². The second kappa shape index (κ2) is 7.47. The number of aromatic amines is 1. The van der Waals surface area contributed by atoms with Gasteiger partial charge in [0.25, 0.3) is 0 Å². The highest BCUT2D eigenvalue weighted by atomic mass is 127. The molecule has 1 heterocycles. The largest absolute Gasteiger partial charge is 0.506 e. The normalized spacial score (nSPS) is 11.7. The number of aliphatic carboxylic acids is 1. The van der Waals surface area contributed by atoms with Gasteiger partial charge in [0.15, 0.2) is 0 Å². The minimum Gasteiger partial charge on any atom is -0.506 e. The van der Waals surface area contributed by atoms with Gasteiger partial charge >= 0.3 is 5.97 Å². The van der Waals surface area contributed by atoms with E-state index in [1.165, 1.54) is 6.08 Å². The number of aromatic hydroxyl groups is 1. The van der Waals surface area contributed by atoms with Gasteiger partial charge in [-0.25, -0.2) is 9.78 Å². The van der Waals surface area contributed by atoms with E-state index >= 15 is 0 Å². The molecule has 0 aliphatic rings. The van der Waals surface area contributed by atoms with Crippen LogP contribution >= 0.6 is 50.3 Å². The Morgan fingerprint density at radius 3 is 2.86 bits per heavy atom. The molecule has 2 aromatic rings. The quantitative estimate of drug-likeness (QED) is 0.332. The van der Waals surface area contributed by atoms with Crippen molar-refractivity contribution in [1.82, 2.24) is 15.2 Å². The first-order valence-corrected chi connectivity index (χ1v) is 8.81. The Bertz CT molecular complexity index is 748. The number of phenols is 1. The maximum atomic E-state index is 11.4. The lowest BCUT2D eigenvalue weighted by Gasteiger charge is -2.05. The zero-order valence-electron chi connectivity index (χ0n) is 11.3. The second-order valence-corrected chi connectivity index (χ2v) is 7.25. The molecule has 116 valence electrons. The standard InChI is InChI=1S/C13H11BrIN3O3S/c1-2-10-16-13(18-17-10)22-9(12(20)21)4-6-3-7(14)5-8(15)11(6)19/h3-5,19H,2H2,1H3,(H,20,21)(H,16,17,18)/b9-4-. The number of carbonyl (C=O) groups is 1. The van der Waals surface area contributed by atoms with Crippen LogP contribution in [0.15, 0.2) is 26.7 Å². The molecule has 0 saturated carbocycles. The number of thioether (sulfide) groups is 1. The number of benzene rings is 1. The van der Waals surface area contributed by atoms with Crippen molar-refractivity contribution in [2.24, 2.45) is 0 Å². The molecule has 22 heavy (non-hydrogen) atoms. The van der Waals surface area contributed by atoms with E-state index in [0.29, 0.717) is 26.5 Å². The summed E-state index contributed by atoms with van der Waals surface area (Å²) in [4.78, 5) is 15.6. The highest BCUT2D eigenvalue weighted by molar-refractivity contribution is 14.1. The third-order valence-electron chi connectivity index (χ3n) is 2.60. The van der Waals surface area contributed by atoms with Crippen LogP contribution in [0.5, 0.6) is 5.75 Å². The summed E-state index contributed by atoms with van der Waals surface area (Å²) in [6.45, 7) is 1.92. The van der Waals surface area contributed by atoms with Gasteiger partial charge in [0.2, 0.25) is 5.16 Å². The molecule has 0 spiro atoms. The van der Waals surface area contributed by atoms with Gasteiger partial charge in [0.1, 0.15) is 16.5 Å². The summed E-state index contributed by atoms with van der Waals surface area (Å²) in [5.41, 5.74) is 0.412. The third-order valence-corrected chi connectivity index (χ3v) is 4.76. The van der Waals surface area contributed by atoms with Crippen molar-refractivity contribution in [2.45, 2.75) is 18.5 Å². The van der Waals surface area contributed by atoms with E-state index in [4.69, 9.17) is 0 Å². The Morgan fingerprint density at radius 2 is 2.27 bits per heavy atom. The van der Waals surface area contributed by atoms with Gasteiger partial charge < -0.3 is 10.2 Å². The molecule has 0 bridgehead atoms. The number of nitrogens with zero attached hydrogens (tertiary/aromatic N) is 2. The van der Waals surface area contributed by atoms with Gasteiger partial charge in [-0.1, -0.05) is 22.9 Å². The number of hydrogen-bond acceptors (Lipinski definition) is 5. The highest BCUT2D eigenvalue weighted by Gasteiger charge is 2.15. The summed E-state index contributed by atoms with van der Waals surface area (Å²) >= 11 is 6.23. The molecule has 0 aliphatic carbocycles. The molecule has 0 amide bonds. The number of H-pyrrole nitrogens is 1. The highest BCUT2D eigenvalue weighted by Crippen LogP contribution is 2.33. The first-order chi connectivity index (χ1) is 10.4. The van der Waals surface area contributed by atoms with Crippen molar-refractivity contribution >= 4 is 62.3 Å². The van der Waals surface area contributed by atoms with E-state index in [1.807, 2.05) is 29.5 Å². The molecule has 0 radical (unpaired) electrons. The van der Waals surface area contributed by atoms with Gasteiger partial charge in [-0.15, -0.1) is 5.10 Å². The molecule has 0 atom stereocenters.